The van der Waals surface area contributed by atoms with E-state index >= 15 is 0 Å². The minimum absolute atomic E-state index is 0. The number of phenols is 1. The zero-order chi connectivity index (χ0) is 15.3. The Hall–Kier alpha value is -2.04. The standard InChI is InChI=1S/C13H15FN2O4.ClH/c1-3-20-13(18)10(14)11(16)8-4-7(6-15)5-9(19-2)12(8)17;/h4-5,10-11,17H,3,16H2,1-2H3;1H/t10?,11-;/m0./s1. The summed E-state index contributed by atoms with van der Waals surface area (Å²) in [5.41, 5.74) is 5.65. The zero-order valence-corrected chi connectivity index (χ0v) is 12.3. The molecule has 0 heterocycles. The maximum Gasteiger partial charge on any atom is 0.342 e. The lowest BCUT2D eigenvalue weighted by atomic mass is 9.99. The van der Waals surface area contributed by atoms with Gasteiger partial charge in [0, 0.05) is 11.6 Å². The number of hydrogen-bond acceptors (Lipinski definition) is 6. The van der Waals surface area contributed by atoms with E-state index in [1.54, 1.807) is 0 Å². The molecule has 1 aromatic carbocycles. The molecular formula is C13H16ClFN2O4. The third kappa shape index (κ3) is 4.21. The number of nitrogens with two attached hydrogens (primary N) is 1. The summed E-state index contributed by atoms with van der Waals surface area (Å²) in [6.45, 7) is 1.55. The van der Waals surface area contributed by atoms with E-state index in [-0.39, 0.29) is 35.9 Å². The van der Waals surface area contributed by atoms with Crippen LogP contribution >= 0.6 is 12.4 Å². The summed E-state index contributed by atoms with van der Waals surface area (Å²) >= 11 is 0. The Bertz CT molecular complexity index is 548. The van der Waals surface area contributed by atoms with E-state index in [9.17, 15) is 14.3 Å². The van der Waals surface area contributed by atoms with Crippen molar-refractivity contribution in [2.45, 2.75) is 19.1 Å². The van der Waals surface area contributed by atoms with Crippen molar-refractivity contribution in [2.24, 2.45) is 5.73 Å². The average molecular weight is 319 g/mol. The predicted molar refractivity (Wildman–Crippen MR) is 75.1 cm³/mol. The first-order valence-corrected chi connectivity index (χ1v) is 5.83. The Kier molecular flexibility index (Phi) is 7.49. The van der Waals surface area contributed by atoms with Crippen molar-refractivity contribution in [3.8, 4) is 17.6 Å². The molecular weight excluding hydrogens is 303 g/mol. The second-order valence-electron chi connectivity index (χ2n) is 3.91. The molecule has 0 aromatic heterocycles. The van der Waals surface area contributed by atoms with Crippen LogP contribution < -0.4 is 10.5 Å². The van der Waals surface area contributed by atoms with Gasteiger partial charge in [-0.25, -0.2) is 9.18 Å². The number of methoxy groups -OCH3 is 1. The Labute approximate surface area is 127 Å². The maximum absolute atomic E-state index is 13.9. The van der Waals surface area contributed by atoms with E-state index < -0.39 is 23.9 Å². The Morgan fingerprint density at radius 1 is 1.57 bits per heavy atom. The summed E-state index contributed by atoms with van der Waals surface area (Å²) in [5.74, 6) is -1.56. The number of ether oxygens (including phenoxy) is 2. The molecule has 0 radical (unpaired) electrons. The highest BCUT2D eigenvalue weighted by molar-refractivity contribution is 5.85. The third-order valence-corrected chi connectivity index (χ3v) is 2.64. The van der Waals surface area contributed by atoms with E-state index in [0.717, 1.165) is 0 Å². The van der Waals surface area contributed by atoms with Crippen LogP contribution in [0.2, 0.25) is 0 Å². The van der Waals surface area contributed by atoms with Gasteiger partial charge in [-0.3, -0.25) is 0 Å². The van der Waals surface area contributed by atoms with Gasteiger partial charge in [-0.05, 0) is 13.0 Å². The summed E-state index contributed by atoms with van der Waals surface area (Å²) < 4.78 is 23.3. The number of nitriles is 1. The van der Waals surface area contributed by atoms with Gasteiger partial charge in [-0.1, -0.05) is 0 Å². The number of halogens is 2. The molecule has 2 atom stereocenters. The number of carbonyl (C=O) groups is 1. The van der Waals surface area contributed by atoms with Crippen LogP contribution in [0.5, 0.6) is 11.5 Å². The molecule has 3 N–H and O–H groups in total. The highest BCUT2D eigenvalue weighted by Gasteiger charge is 2.30. The van der Waals surface area contributed by atoms with Gasteiger partial charge in [0.2, 0.25) is 6.17 Å². The highest BCUT2D eigenvalue weighted by atomic mass is 35.5. The summed E-state index contributed by atoms with van der Waals surface area (Å²) in [6.07, 6.45) is -2.15. The monoisotopic (exact) mass is 318 g/mol. The number of hydrogen-bond donors (Lipinski definition) is 2. The quantitative estimate of drug-likeness (QED) is 0.799. The highest BCUT2D eigenvalue weighted by Crippen LogP contribution is 2.36. The van der Waals surface area contributed by atoms with Crippen LogP contribution in [-0.2, 0) is 9.53 Å². The van der Waals surface area contributed by atoms with E-state index in [4.69, 9.17) is 15.7 Å². The van der Waals surface area contributed by atoms with Gasteiger partial charge in [-0.2, -0.15) is 5.26 Å². The minimum atomic E-state index is -2.15. The van der Waals surface area contributed by atoms with Gasteiger partial charge in [0.15, 0.2) is 11.5 Å². The number of aromatic hydroxyl groups is 1. The first-order chi connectivity index (χ1) is 9.46. The van der Waals surface area contributed by atoms with E-state index in [1.807, 2.05) is 6.07 Å². The number of esters is 1. The Morgan fingerprint density at radius 2 is 2.19 bits per heavy atom. The van der Waals surface area contributed by atoms with Crippen LogP contribution in [0.4, 0.5) is 4.39 Å². The van der Waals surface area contributed by atoms with Crippen LogP contribution in [0.25, 0.3) is 0 Å². The van der Waals surface area contributed by atoms with Gasteiger partial charge < -0.3 is 20.3 Å². The Morgan fingerprint density at radius 3 is 2.67 bits per heavy atom. The van der Waals surface area contributed by atoms with Crippen LogP contribution in [0.1, 0.15) is 24.1 Å². The topological polar surface area (TPSA) is 106 Å². The smallest absolute Gasteiger partial charge is 0.342 e. The molecule has 1 unspecified atom stereocenters. The fourth-order valence-electron chi connectivity index (χ4n) is 1.63. The number of phenolic OH excluding ortho intramolecular Hbond substituents is 1. The summed E-state index contributed by atoms with van der Waals surface area (Å²) in [7, 11) is 1.28. The van der Waals surface area contributed by atoms with Crippen LogP contribution in [-0.4, -0.2) is 31.0 Å². The zero-order valence-electron chi connectivity index (χ0n) is 11.5. The summed E-state index contributed by atoms with van der Waals surface area (Å²) in [4.78, 5) is 11.3. The number of rotatable bonds is 5. The van der Waals surface area contributed by atoms with E-state index in [2.05, 4.69) is 4.74 Å². The molecule has 0 saturated carbocycles. The fourth-order valence-corrected chi connectivity index (χ4v) is 1.63. The molecule has 1 rings (SSSR count). The van der Waals surface area contributed by atoms with Crippen molar-refractivity contribution in [1.82, 2.24) is 0 Å². The van der Waals surface area contributed by atoms with Crippen molar-refractivity contribution in [3.63, 3.8) is 0 Å². The van der Waals surface area contributed by atoms with Crippen LogP contribution in [0.3, 0.4) is 0 Å². The van der Waals surface area contributed by atoms with E-state index in [0.29, 0.717) is 0 Å². The molecule has 0 amide bonds. The second kappa shape index (κ2) is 8.29. The van der Waals surface area contributed by atoms with Crippen molar-refractivity contribution in [3.05, 3.63) is 23.3 Å². The van der Waals surface area contributed by atoms with Gasteiger partial charge in [0.1, 0.15) is 0 Å². The lowest BCUT2D eigenvalue weighted by Crippen LogP contribution is -2.31. The van der Waals surface area contributed by atoms with Crippen molar-refractivity contribution >= 4 is 18.4 Å². The lowest BCUT2D eigenvalue weighted by molar-refractivity contribution is -0.149. The van der Waals surface area contributed by atoms with Gasteiger partial charge in [0.25, 0.3) is 0 Å². The largest absolute Gasteiger partial charge is 0.504 e. The maximum atomic E-state index is 13.9. The number of alkyl halides is 1. The first-order valence-electron chi connectivity index (χ1n) is 5.83. The van der Waals surface area contributed by atoms with Gasteiger partial charge in [0.05, 0.1) is 31.4 Å². The molecule has 0 spiro atoms. The third-order valence-electron chi connectivity index (χ3n) is 2.64. The molecule has 0 saturated heterocycles. The number of carbonyl (C=O) groups excluding carboxylic acids is 1. The van der Waals surface area contributed by atoms with Gasteiger partial charge >= 0.3 is 5.97 Å². The minimum Gasteiger partial charge on any atom is -0.504 e. The van der Waals surface area contributed by atoms with Crippen molar-refractivity contribution < 1.29 is 23.8 Å². The number of nitrogens with zero attached hydrogens (tertiary/aromatic N) is 1. The first kappa shape index (κ1) is 19.0. The Balaban J connectivity index is 0.00000400. The molecule has 0 fully saturated rings. The SMILES string of the molecule is CCOC(=O)C(F)[C@@H](N)c1cc(C#N)cc(OC)c1O.Cl. The lowest BCUT2D eigenvalue weighted by Gasteiger charge is -2.18. The fraction of sp³-hybridized carbons (Fsp3) is 0.385. The van der Waals surface area contributed by atoms with Crippen molar-refractivity contribution in [2.75, 3.05) is 13.7 Å². The number of benzene rings is 1. The normalized spacial score (nSPS) is 12.5. The molecule has 0 aliphatic carbocycles. The van der Waals surface area contributed by atoms with Crippen molar-refractivity contribution in [1.29, 1.82) is 5.26 Å². The van der Waals surface area contributed by atoms with Crippen LogP contribution in [0, 0.1) is 11.3 Å². The predicted octanol–water partition coefficient (Wildman–Crippen LogP) is 1.60. The molecule has 8 heteroatoms. The average Bonchev–Trinajstić information content (AvgIpc) is 2.46. The molecule has 0 aliphatic heterocycles. The summed E-state index contributed by atoms with van der Waals surface area (Å²) in [6, 6.07) is 2.85. The van der Waals surface area contributed by atoms with Gasteiger partial charge in [-0.15, -0.1) is 12.4 Å². The molecule has 21 heavy (non-hydrogen) atoms. The molecule has 1 aromatic rings. The second-order valence-corrected chi connectivity index (χ2v) is 3.91. The molecule has 0 bridgehead atoms. The van der Waals surface area contributed by atoms with E-state index in [1.165, 1.54) is 26.2 Å². The van der Waals surface area contributed by atoms with Crippen LogP contribution in [0.15, 0.2) is 12.1 Å². The molecule has 0 aliphatic rings. The summed E-state index contributed by atoms with van der Waals surface area (Å²) in [5, 5.41) is 18.8. The molecule has 6 nitrogen and oxygen atoms in total. The molecule has 116 valence electrons.